The minimum Gasteiger partial charge on any atom is -0.295 e. The third-order valence-corrected chi connectivity index (χ3v) is 3.93. The van der Waals surface area contributed by atoms with E-state index in [0.717, 1.165) is 15.6 Å². The van der Waals surface area contributed by atoms with E-state index < -0.39 is 17.2 Å². The van der Waals surface area contributed by atoms with E-state index in [1.807, 2.05) is 25.1 Å². The fourth-order valence-electron chi connectivity index (χ4n) is 1.68. The molecule has 1 heterocycles. The van der Waals surface area contributed by atoms with E-state index in [1.165, 1.54) is 0 Å². The lowest BCUT2D eigenvalue weighted by Gasteiger charge is -2.11. The fourth-order valence-corrected chi connectivity index (χ4v) is 2.39. The summed E-state index contributed by atoms with van der Waals surface area (Å²) in [5.41, 5.74) is 1.82. The molecule has 2 atom stereocenters. The molecule has 2 amide bonds. The summed E-state index contributed by atoms with van der Waals surface area (Å²) in [6.07, 6.45) is 0. The molecule has 5 heteroatoms. The van der Waals surface area contributed by atoms with Gasteiger partial charge in [0.2, 0.25) is 11.8 Å². The Balaban J connectivity index is 2.40. The second-order valence-corrected chi connectivity index (χ2v) is 5.07. The van der Waals surface area contributed by atoms with E-state index in [-0.39, 0.29) is 5.91 Å². The lowest BCUT2D eigenvalue weighted by Crippen LogP contribution is -2.22. The third kappa shape index (κ3) is 1.87. The van der Waals surface area contributed by atoms with Gasteiger partial charge in [-0.2, -0.15) is 0 Å². The molecule has 0 bridgehead atoms. The van der Waals surface area contributed by atoms with Crippen LogP contribution in [0.1, 0.15) is 17.0 Å². The van der Waals surface area contributed by atoms with Crippen LogP contribution in [0, 0.1) is 6.92 Å². The Hall–Kier alpha value is -0.870. The minimum atomic E-state index is -0.817. The summed E-state index contributed by atoms with van der Waals surface area (Å²) in [6, 6.07) is 5.53. The highest BCUT2D eigenvalue weighted by atomic mass is 79.9. The molecule has 1 N–H and O–H groups in total. The number of carbonyl (C=O) groups excluding carboxylic acids is 2. The molecule has 2 rings (SSSR count). The highest BCUT2D eigenvalue weighted by Crippen LogP contribution is 2.31. The number of alkyl halides is 1. The fraction of sp³-hybridized carbons (Fsp3) is 0.273. The summed E-state index contributed by atoms with van der Waals surface area (Å²) in [4.78, 5) is 22.8. The molecule has 0 aromatic heterocycles. The van der Waals surface area contributed by atoms with Gasteiger partial charge in [0.25, 0.3) is 0 Å². The van der Waals surface area contributed by atoms with E-state index in [1.54, 1.807) is 0 Å². The van der Waals surface area contributed by atoms with Gasteiger partial charge in [-0.15, -0.1) is 11.6 Å². The average molecular weight is 303 g/mol. The number of imide groups is 1. The number of nitrogens with one attached hydrogen (secondary N) is 1. The second kappa shape index (κ2) is 4.18. The topological polar surface area (TPSA) is 46.2 Å². The van der Waals surface area contributed by atoms with Gasteiger partial charge in [-0.05, 0) is 24.1 Å². The molecule has 0 saturated carbocycles. The molecular formula is C11H9BrClNO2. The van der Waals surface area contributed by atoms with Crippen molar-refractivity contribution >= 4 is 39.3 Å². The Morgan fingerprint density at radius 3 is 2.50 bits per heavy atom. The number of benzene rings is 1. The minimum absolute atomic E-state index is 0.333. The van der Waals surface area contributed by atoms with Crippen LogP contribution in [0.5, 0.6) is 0 Å². The molecular weight excluding hydrogens is 293 g/mol. The Kier molecular flexibility index (Phi) is 3.04. The van der Waals surface area contributed by atoms with Crippen LogP contribution in [-0.2, 0) is 9.59 Å². The van der Waals surface area contributed by atoms with Crippen molar-refractivity contribution in [3.8, 4) is 0 Å². The van der Waals surface area contributed by atoms with Gasteiger partial charge in [-0.1, -0.05) is 28.1 Å². The number of amides is 2. The van der Waals surface area contributed by atoms with Crippen LogP contribution >= 0.6 is 27.5 Å². The van der Waals surface area contributed by atoms with Gasteiger partial charge in [-0.3, -0.25) is 14.9 Å². The smallest absolute Gasteiger partial charge is 0.245 e. The van der Waals surface area contributed by atoms with Crippen molar-refractivity contribution in [1.29, 1.82) is 0 Å². The molecule has 84 valence electrons. The molecule has 0 aliphatic carbocycles. The molecule has 0 spiro atoms. The predicted octanol–water partition coefficient (Wildman–Crippen LogP) is 2.10. The van der Waals surface area contributed by atoms with Gasteiger partial charge in [0.05, 0.1) is 5.92 Å². The van der Waals surface area contributed by atoms with Gasteiger partial charge >= 0.3 is 0 Å². The summed E-state index contributed by atoms with van der Waals surface area (Å²) >= 11 is 9.29. The van der Waals surface area contributed by atoms with E-state index in [0.29, 0.717) is 0 Å². The van der Waals surface area contributed by atoms with Crippen LogP contribution in [-0.4, -0.2) is 17.2 Å². The van der Waals surface area contributed by atoms with Crippen molar-refractivity contribution < 1.29 is 9.59 Å². The molecule has 1 aliphatic heterocycles. The number of hydrogen-bond donors (Lipinski definition) is 1. The van der Waals surface area contributed by atoms with Gasteiger partial charge in [-0.25, -0.2) is 0 Å². The quantitative estimate of drug-likeness (QED) is 0.638. The lowest BCUT2D eigenvalue weighted by atomic mass is 9.96. The van der Waals surface area contributed by atoms with Crippen LogP contribution < -0.4 is 5.32 Å². The summed E-state index contributed by atoms with van der Waals surface area (Å²) in [6.45, 7) is 1.95. The molecule has 16 heavy (non-hydrogen) atoms. The molecule has 0 radical (unpaired) electrons. The highest BCUT2D eigenvalue weighted by molar-refractivity contribution is 9.10. The first kappa shape index (κ1) is 11.6. The number of aryl methyl sites for hydroxylation is 1. The zero-order chi connectivity index (χ0) is 11.9. The average Bonchev–Trinajstić information content (AvgIpc) is 2.47. The van der Waals surface area contributed by atoms with Gasteiger partial charge in [0, 0.05) is 4.47 Å². The van der Waals surface area contributed by atoms with Crippen LogP contribution in [0.25, 0.3) is 0 Å². The van der Waals surface area contributed by atoms with Gasteiger partial charge in [0.1, 0.15) is 5.38 Å². The highest BCUT2D eigenvalue weighted by Gasteiger charge is 2.41. The van der Waals surface area contributed by atoms with Crippen molar-refractivity contribution in [2.24, 2.45) is 0 Å². The van der Waals surface area contributed by atoms with Crippen molar-refractivity contribution in [1.82, 2.24) is 5.32 Å². The molecule has 2 unspecified atom stereocenters. The third-order valence-electron chi connectivity index (χ3n) is 2.63. The Morgan fingerprint density at radius 2 is 2.00 bits per heavy atom. The first-order valence-corrected chi connectivity index (χ1v) is 5.98. The maximum Gasteiger partial charge on any atom is 0.245 e. The second-order valence-electron chi connectivity index (χ2n) is 3.74. The maximum atomic E-state index is 11.6. The number of rotatable bonds is 1. The van der Waals surface area contributed by atoms with Crippen LogP contribution in [0.2, 0.25) is 0 Å². The standard InChI is InChI=1S/C11H9BrClNO2/c1-5-2-3-6(4-7(5)12)8-9(13)11(16)14-10(8)15/h2-4,8-9H,1H3,(H,14,15,16). The number of carbonyl (C=O) groups is 2. The normalized spacial score (nSPS) is 24.7. The van der Waals surface area contributed by atoms with Crippen molar-refractivity contribution in [2.45, 2.75) is 18.2 Å². The Labute approximate surface area is 106 Å². The largest absolute Gasteiger partial charge is 0.295 e. The summed E-state index contributed by atoms with van der Waals surface area (Å²) in [5.74, 6) is -1.35. The van der Waals surface area contributed by atoms with Crippen LogP contribution in [0.3, 0.4) is 0 Å². The van der Waals surface area contributed by atoms with Crippen molar-refractivity contribution in [2.75, 3.05) is 0 Å². The monoisotopic (exact) mass is 301 g/mol. The SMILES string of the molecule is Cc1ccc(C2C(=O)NC(=O)C2Cl)cc1Br. The predicted molar refractivity (Wildman–Crippen MR) is 64.4 cm³/mol. The molecule has 1 aliphatic rings. The first-order chi connectivity index (χ1) is 7.50. The van der Waals surface area contributed by atoms with Crippen molar-refractivity contribution in [3.05, 3.63) is 33.8 Å². The maximum absolute atomic E-state index is 11.6. The molecule has 1 fully saturated rings. The molecule has 1 aromatic rings. The first-order valence-electron chi connectivity index (χ1n) is 4.75. The summed E-state index contributed by atoms with van der Waals surface area (Å²) < 4.78 is 0.904. The van der Waals surface area contributed by atoms with Crippen LogP contribution in [0.15, 0.2) is 22.7 Å². The van der Waals surface area contributed by atoms with Gasteiger partial charge < -0.3 is 0 Å². The number of hydrogen-bond acceptors (Lipinski definition) is 2. The summed E-state index contributed by atoms with van der Waals surface area (Å²) in [7, 11) is 0. The van der Waals surface area contributed by atoms with E-state index >= 15 is 0 Å². The van der Waals surface area contributed by atoms with E-state index in [4.69, 9.17) is 11.6 Å². The van der Waals surface area contributed by atoms with Crippen molar-refractivity contribution in [3.63, 3.8) is 0 Å². The molecule has 3 nitrogen and oxygen atoms in total. The molecule has 1 saturated heterocycles. The van der Waals surface area contributed by atoms with E-state index in [9.17, 15) is 9.59 Å². The Bertz CT molecular complexity index is 475. The summed E-state index contributed by atoms with van der Waals surface area (Å²) in [5, 5.41) is 1.41. The zero-order valence-corrected chi connectivity index (χ0v) is 10.8. The van der Waals surface area contributed by atoms with Gasteiger partial charge in [0.15, 0.2) is 0 Å². The molecule has 1 aromatic carbocycles. The lowest BCUT2D eigenvalue weighted by molar-refractivity contribution is -0.125. The van der Waals surface area contributed by atoms with Crippen LogP contribution in [0.4, 0.5) is 0 Å². The number of halogens is 2. The van der Waals surface area contributed by atoms with E-state index in [2.05, 4.69) is 21.2 Å². The Morgan fingerprint density at radius 1 is 1.31 bits per heavy atom. The zero-order valence-electron chi connectivity index (χ0n) is 8.46.